The minimum absolute atomic E-state index is 0.244. The van der Waals surface area contributed by atoms with Crippen molar-refractivity contribution in [3.05, 3.63) is 5.01 Å². The van der Waals surface area contributed by atoms with Crippen LogP contribution < -0.4 is 5.32 Å². The summed E-state index contributed by atoms with van der Waals surface area (Å²) in [6.45, 7) is 2.64. The zero-order chi connectivity index (χ0) is 8.23. The van der Waals surface area contributed by atoms with E-state index in [9.17, 15) is 0 Å². The van der Waals surface area contributed by atoms with E-state index in [-0.39, 0.29) is 6.10 Å². The lowest BCUT2D eigenvalue weighted by molar-refractivity contribution is 0.0291. The van der Waals surface area contributed by atoms with E-state index in [0.717, 1.165) is 31.1 Å². The fraction of sp³-hybridized carbons (Fsp3) is 0.833. The highest BCUT2D eigenvalue weighted by molar-refractivity contribution is 7.05. The third kappa shape index (κ3) is 1.96. The van der Waals surface area contributed by atoms with E-state index < -0.39 is 0 Å². The van der Waals surface area contributed by atoms with Crippen molar-refractivity contribution in [1.82, 2.24) is 20.1 Å². The first kappa shape index (κ1) is 8.03. The summed E-state index contributed by atoms with van der Waals surface area (Å²) < 4.78 is 9.19. The van der Waals surface area contributed by atoms with Gasteiger partial charge in [0.2, 0.25) is 0 Å². The fourth-order valence-corrected chi connectivity index (χ4v) is 1.68. The van der Waals surface area contributed by atoms with E-state index in [1.807, 2.05) is 0 Å². The Balaban J connectivity index is 1.86. The van der Waals surface area contributed by atoms with Crippen molar-refractivity contribution < 1.29 is 4.74 Å². The Morgan fingerprint density at radius 2 is 2.67 bits per heavy atom. The number of hydrogen-bond donors (Lipinski definition) is 1. The van der Waals surface area contributed by atoms with Gasteiger partial charge in [0.15, 0.2) is 0 Å². The van der Waals surface area contributed by atoms with Crippen LogP contribution in [0.3, 0.4) is 0 Å². The number of morpholine rings is 1. The van der Waals surface area contributed by atoms with Crippen molar-refractivity contribution >= 4 is 11.5 Å². The maximum Gasteiger partial charge on any atom is 0.140 e. The summed E-state index contributed by atoms with van der Waals surface area (Å²) in [5.74, 6) is 0. The summed E-state index contributed by atoms with van der Waals surface area (Å²) in [5.41, 5.74) is 0. The normalized spacial score (nSPS) is 24.2. The molecule has 0 amide bonds. The Morgan fingerprint density at radius 3 is 3.33 bits per heavy atom. The molecular formula is C6H10N4OS. The van der Waals surface area contributed by atoms with E-state index in [2.05, 4.69) is 20.1 Å². The fourth-order valence-electron chi connectivity index (χ4n) is 1.18. The van der Waals surface area contributed by atoms with Gasteiger partial charge in [0.25, 0.3) is 0 Å². The minimum Gasteiger partial charge on any atom is -0.375 e. The lowest BCUT2D eigenvalue weighted by atomic mass is 10.2. The van der Waals surface area contributed by atoms with Crippen LogP contribution in [0.2, 0.25) is 0 Å². The van der Waals surface area contributed by atoms with Crippen molar-refractivity contribution in [2.24, 2.45) is 0 Å². The maximum atomic E-state index is 5.50. The van der Waals surface area contributed by atoms with Crippen molar-refractivity contribution in [2.45, 2.75) is 12.5 Å². The standard InChI is InChI=1S/C6H10N4OS/c1-2-11-5(4-7-1)3-6-8-9-10-12-6/h5,7H,1-4H2. The van der Waals surface area contributed by atoms with Crippen molar-refractivity contribution in [2.75, 3.05) is 19.7 Å². The van der Waals surface area contributed by atoms with E-state index in [1.165, 1.54) is 11.5 Å². The van der Waals surface area contributed by atoms with Crippen molar-refractivity contribution in [3.8, 4) is 0 Å². The third-order valence-electron chi connectivity index (χ3n) is 1.75. The largest absolute Gasteiger partial charge is 0.375 e. The summed E-state index contributed by atoms with van der Waals surface area (Å²) in [7, 11) is 0. The van der Waals surface area contributed by atoms with Gasteiger partial charge in [-0.05, 0) is 5.21 Å². The van der Waals surface area contributed by atoms with Gasteiger partial charge in [-0.15, -0.1) is 5.10 Å². The van der Waals surface area contributed by atoms with Crippen LogP contribution in [0.15, 0.2) is 0 Å². The molecule has 0 spiro atoms. The highest BCUT2D eigenvalue weighted by Crippen LogP contribution is 2.06. The third-order valence-corrected chi connectivity index (χ3v) is 2.36. The predicted molar refractivity (Wildman–Crippen MR) is 44.0 cm³/mol. The summed E-state index contributed by atoms with van der Waals surface area (Å²) in [4.78, 5) is 0. The van der Waals surface area contributed by atoms with Gasteiger partial charge in [0.1, 0.15) is 5.01 Å². The molecule has 6 heteroatoms. The number of aromatic nitrogens is 3. The molecule has 1 aliphatic heterocycles. The molecule has 0 aliphatic carbocycles. The molecule has 1 atom stereocenters. The zero-order valence-electron chi connectivity index (χ0n) is 6.56. The van der Waals surface area contributed by atoms with Crippen LogP contribution in [-0.2, 0) is 11.2 Å². The van der Waals surface area contributed by atoms with Gasteiger partial charge < -0.3 is 10.1 Å². The monoisotopic (exact) mass is 186 g/mol. The Morgan fingerprint density at radius 1 is 1.67 bits per heavy atom. The van der Waals surface area contributed by atoms with Crippen molar-refractivity contribution in [3.63, 3.8) is 0 Å². The molecular weight excluding hydrogens is 176 g/mol. The first-order valence-corrected chi connectivity index (χ1v) is 4.69. The number of nitrogens with zero attached hydrogens (tertiary/aromatic N) is 3. The molecule has 0 bridgehead atoms. The SMILES string of the molecule is C1COC(Cc2nnns2)CN1. The van der Waals surface area contributed by atoms with Crippen LogP contribution in [0.25, 0.3) is 0 Å². The van der Waals surface area contributed by atoms with Gasteiger partial charge in [-0.2, -0.15) is 0 Å². The second-order valence-corrected chi connectivity index (χ2v) is 3.47. The van der Waals surface area contributed by atoms with Crippen LogP contribution in [-0.4, -0.2) is 40.6 Å². The van der Waals surface area contributed by atoms with Crippen LogP contribution in [0.5, 0.6) is 0 Å². The van der Waals surface area contributed by atoms with Crippen LogP contribution in [0.1, 0.15) is 5.01 Å². The Hall–Kier alpha value is -0.590. The van der Waals surface area contributed by atoms with Crippen LogP contribution in [0.4, 0.5) is 0 Å². The average Bonchev–Trinajstić information content (AvgIpc) is 2.59. The minimum atomic E-state index is 0.244. The van der Waals surface area contributed by atoms with Gasteiger partial charge in [-0.3, -0.25) is 0 Å². The second kappa shape index (κ2) is 3.88. The molecule has 1 N–H and O–H groups in total. The lowest BCUT2D eigenvalue weighted by Gasteiger charge is -2.22. The maximum absolute atomic E-state index is 5.50. The molecule has 0 saturated carbocycles. The summed E-state index contributed by atoms with van der Waals surface area (Å²) in [6, 6.07) is 0. The topological polar surface area (TPSA) is 59.9 Å². The van der Waals surface area contributed by atoms with Gasteiger partial charge >= 0.3 is 0 Å². The average molecular weight is 186 g/mol. The summed E-state index contributed by atoms with van der Waals surface area (Å²) in [5, 5.41) is 11.6. The molecule has 1 aromatic heterocycles. The quantitative estimate of drug-likeness (QED) is 0.672. The zero-order valence-corrected chi connectivity index (χ0v) is 7.38. The predicted octanol–water partition coefficient (Wildman–Crippen LogP) is -0.536. The lowest BCUT2D eigenvalue weighted by Crippen LogP contribution is -2.39. The molecule has 1 aromatic rings. The number of hydrogen-bond acceptors (Lipinski definition) is 6. The Labute approximate surface area is 74.3 Å². The molecule has 2 rings (SSSR count). The van der Waals surface area contributed by atoms with E-state index in [4.69, 9.17) is 4.74 Å². The Kier molecular flexibility index (Phi) is 2.60. The molecule has 0 radical (unpaired) electrons. The van der Waals surface area contributed by atoms with E-state index in [0.29, 0.717) is 0 Å². The van der Waals surface area contributed by atoms with Gasteiger partial charge in [-0.1, -0.05) is 4.49 Å². The molecule has 12 heavy (non-hydrogen) atoms. The number of nitrogens with one attached hydrogen (secondary N) is 1. The second-order valence-electron chi connectivity index (χ2n) is 2.66. The molecule has 2 heterocycles. The van der Waals surface area contributed by atoms with Crippen molar-refractivity contribution in [1.29, 1.82) is 0 Å². The summed E-state index contributed by atoms with van der Waals surface area (Å²) >= 11 is 1.34. The molecule has 1 fully saturated rings. The molecule has 5 nitrogen and oxygen atoms in total. The number of ether oxygens (including phenoxy) is 1. The molecule has 1 saturated heterocycles. The van der Waals surface area contributed by atoms with Crippen LogP contribution in [0, 0.1) is 0 Å². The summed E-state index contributed by atoms with van der Waals surface area (Å²) in [6.07, 6.45) is 1.07. The highest BCUT2D eigenvalue weighted by atomic mass is 32.1. The highest BCUT2D eigenvalue weighted by Gasteiger charge is 2.15. The number of rotatable bonds is 2. The van der Waals surface area contributed by atoms with Gasteiger partial charge in [0, 0.05) is 31.0 Å². The van der Waals surface area contributed by atoms with Crippen LogP contribution >= 0.6 is 11.5 Å². The molecule has 66 valence electrons. The van der Waals surface area contributed by atoms with Gasteiger partial charge in [0.05, 0.1) is 12.7 Å². The smallest absolute Gasteiger partial charge is 0.140 e. The Bertz CT molecular complexity index is 221. The first-order valence-electron chi connectivity index (χ1n) is 3.91. The molecule has 1 aliphatic rings. The molecule has 1 unspecified atom stereocenters. The van der Waals surface area contributed by atoms with Gasteiger partial charge in [-0.25, -0.2) is 0 Å². The molecule has 0 aromatic carbocycles. The van der Waals surface area contributed by atoms with E-state index >= 15 is 0 Å². The van der Waals surface area contributed by atoms with E-state index in [1.54, 1.807) is 0 Å². The first-order chi connectivity index (χ1) is 5.95.